The van der Waals surface area contributed by atoms with Gasteiger partial charge in [-0.15, -0.1) is 0 Å². The molecule has 30 heavy (non-hydrogen) atoms. The van der Waals surface area contributed by atoms with E-state index in [1.807, 2.05) is 6.92 Å². The van der Waals surface area contributed by atoms with Crippen molar-refractivity contribution in [3.63, 3.8) is 0 Å². The monoisotopic (exact) mass is 450 g/mol. The minimum atomic E-state index is -3.50. The second kappa shape index (κ2) is 10.6. The lowest BCUT2D eigenvalue weighted by Crippen LogP contribution is -2.30. The quantitative estimate of drug-likeness (QED) is 0.579. The van der Waals surface area contributed by atoms with E-state index in [-0.39, 0.29) is 16.8 Å². The van der Waals surface area contributed by atoms with Crippen LogP contribution < -0.4 is 10.1 Å². The first kappa shape index (κ1) is 23.9. The average molecular weight is 451 g/mol. The maximum atomic E-state index is 12.6. The molecule has 6 nitrogen and oxygen atoms in total. The number of hydrogen-bond acceptors (Lipinski definition) is 4. The summed E-state index contributed by atoms with van der Waals surface area (Å²) in [5.41, 5.74) is 1.49. The van der Waals surface area contributed by atoms with Crippen molar-refractivity contribution in [3.8, 4) is 5.75 Å². The molecule has 0 bridgehead atoms. The van der Waals surface area contributed by atoms with Crippen LogP contribution in [0.1, 0.15) is 37.9 Å². The molecule has 0 aliphatic carbocycles. The lowest BCUT2D eigenvalue weighted by molar-refractivity contribution is -0.117. The fourth-order valence-corrected chi connectivity index (χ4v) is 4.63. The van der Waals surface area contributed by atoms with E-state index < -0.39 is 10.0 Å². The zero-order valence-corrected chi connectivity index (χ0v) is 19.1. The Hall–Kier alpha value is -2.35. The number of ether oxygens (including phenoxy) is 1. The predicted molar refractivity (Wildman–Crippen MR) is 120 cm³/mol. The van der Waals surface area contributed by atoms with E-state index in [1.54, 1.807) is 69.5 Å². The summed E-state index contributed by atoms with van der Waals surface area (Å²) < 4.78 is 31.8. The van der Waals surface area contributed by atoms with Gasteiger partial charge in [0, 0.05) is 29.8 Å². The van der Waals surface area contributed by atoms with Gasteiger partial charge in [0.1, 0.15) is 5.75 Å². The van der Waals surface area contributed by atoms with Gasteiger partial charge in [-0.1, -0.05) is 37.6 Å². The Bertz CT molecular complexity index is 1000. The Balaban J connectivity index is 2.08. The predicted octanol–water partition coefficient (Wildman–Crippen LogP) is 4.27. The van der Waals surface area contributed by atoms with Crippen LogP contribution in [0, 0.1) is 0 Å². The van der Waals surface area contributed by atoms with Gasteiger partial charge in [0.25, 0.3) is 0 Å². The molecular weight excluding hydrogens is 424 g/mol. The first-order valence-corrected chi connectivity index (χ1v) is 11.5. The number of nitrogens with one attached hydrogen (secondary N) is 1. The Morgan fingerprint density at radius 3 is 2.37 bits per heavy atom. The summed E-state index contributed by atoms with van der Waals surface area (Å²) in [4.78, 5) is 12.5. The van der Waals surface area contributed by atoms with Gasteiger partial charge >= 0.3 is 0 Å². The third-order valence-corrected chi connectivity index (χ3v) is 6.99. The highest BCUT2D eigenvalue weighted by Gasteiger charge is 2.21. The van der Waals surface area contributed by atoms with Crippen molar-refractivity contribution in [1.29, 1.82) is 0 Å². The molecule has 0 heterocycles. The second-order valence-electron chi connectivity index (χ2n) is 6.61. The van der Waals surface area contributed by atoms with Gasteiger partial charge in [-0.2, -0.15) is 4.31 Å². The first-order valence-electron chi connectivity index (χ1n) is 9.65. The van der Waals surface area contributed by atoms with Crippen LogP contribution in [0.3, 0.4) is 0 Å². The van der Waals surface area contributed by atoms with Crippen LogP contribution in [0.5, 0.6) is 5.75 Å². The van der Waals surface area contributed by atoms with Gasteiger partial charge in [0.2, 0.25) is 15.9 Å². The van der Waals surface area contributed by atoms with E-state index >= 15 is 0 Å². The van der Waals surface area contributed by atoms with Crippen molar-refractivity contribution in [2.75, 3.05) is 20.2 Å². The van der Waals surface area contributed by atoms with Gasteiger partial charge < -0.3 is 10.1 Å². The number of amides is 1. The highest BCUT2D eigenvalue weighted by molar-refractivity contribution is 7.89. The summed E-state index contributed by atoms with van der Waals surface area (Å²) in [7, 11) is -1.96. The molecule has 0 fully saturated rings. The van der Waals surface area contributed by atoms with E-state index in [0.717, 1.165) is 5.56 Å². The maximum Gasteiger partial charge on any atom is 0.244 e. The van der Waals surface area contributed by atoms with Gasteiger partial charge in [-0.25, -0.2) is 8.42 Å². The molecule has 1 N–H and O–H groups in total. The number of halogens is 1. The van der Waals surface area contributed by atoms with Gasteiger partial charge in [-0.05, 0) is 48.9 Å². The fraction of sp³-hybridized carbons (Fsp3) is 0.318. The van der Waals surface area contributed by atoms with Crippen LogP contribution in [-0.4, -0.2) is 38.8 Å². The largest absolute Gasteiger partial charge is 0.496 e. The normalized spacial score (nSPS) is 12.9. The van der Waals surface area contributed by atoms with Crippen LogP contribution in [0.25, 0.3) is 6.08 Å². The summed E-state index contributed by atoms with van der Waals surface area (Å²) in [6.45, 7) is 6.27. The molecule has 2 rings (SSSR count). The average Bonchev–Trinajstić information content (AvgIpc) is 2.73. The molecule has 1 unspecified atom stereocenters. The molecule has 2 aromatic carbocycles. The molecule has 1 amide bonds. The first-order chi connectivity index (χ1) is 14.2. The lowest BCUT2D eigenvalue weighted by atomic mass is 10.1. The van der Waals surface area contributed by atoms with Crippen LogP contribution in [0.15, 0.2) is 53.4 Å². The molecular formula is C22H27ClN2O4S. The van der Waals surface area contributed by atoms with E-state index in [4.69, 9.17) is 16.3 Å². The molecule has 0 saturated heterocycles. The maximum absolute atomic E-state index is 12.6. The minimum Gasteiger partial charge on any atom is -0.496 e. The summed E-state index contributed by atoms with van der Waals surface area (Å²) in [6.07, 6.45) is 3.04. The van der Waals surface area contributed by atoms with Gasteiger partial charge in [0.05, 0.1) is 18.0 Å². The Labute approximate surface area is 183 Å². The van der Waals surface area contributed by atoms with Gasteiger partial charge in [-0.3, -0.25) is 4.79 Å². The zero-order valence-electron chi connectivity index (χ0n) is 17.6. The van der Waals surface area contributed by atoms with Crippen molar-refractivity contribution >= 4 is 33.6 Å². The number of nitrogens with zero attached hydrogens (tertiary/aromatic N) is 1. The second-order valence-corrected chi connectivity index (χ2v) is 8.98. The number of carbonyl (C=O) groups is 1. The number of benzene rings is 2. The number of hydrogen-bond donors (Lipinski definition) is 1. The Morgan fingerprint density at radius 1 is 1.17 bits per heavy atom. The van der Waals surface area contributed by atoms with Crippen molar-refractivity contribution in [1.82, 2.24) is 9.62 Å². The SMILES string of the molecule is CCN(CC)S(=O)(=O)c1ccc(C(C)NC(=O)C=Cc2cc(Cl)ccc2OC)cc1. The summed E-state index contributed by atoms with van der Waals surface area (Å²) in [6, 6.07) is 11.4. The van der Waals surface area contributed by atoms with E-state index in [0.29, 0.717) is 29.4 Å². The number of carbonyl (C=O) groups excluding carboxylic acids is 1. The Morgan fingerprint density at radius 2 is 1.80 bits per heavy atom. The molecule has 0 radical (unpaired) electrons. The number of sulfonamides is 1. The third kappa shape index (κ3) is 5.84. The molecule has 0 aromatic heterocycles. The van der Waals surface area contributed by atoms with Crippen molar-refractivity contribution < 1.29 is 17.9 Å². The smallest absolute Gasteiger partial charge is 0.244 e. The number of rotatable bonds is 9. The third-order valence-electron chi connectivity index (χ3n) is 4.69. The Kier molecular flexibility index (Phi) is 8.46. The van der Waals surface area contributed by atoms with Crippen molar-refractivity contribution in [2.45, 2.75) is 31.7 Å². The summed E-state index contributed by atoms with van der Waals surface area (Å²) in [5.74, 6) is 0.325. The molecule has 2 aromatic rings. The topological polar surface area (TPSA) is 75.7 Å². The van der Waals surface area contributed by atoms with Crippen molar-refractivity contribution in [3.05, 3.63) is 64.7 Å². The number of methoxy groups -OCH3 is 1. The van der Waals surface area contributed by atoms with Crippen LogP contribution >= 0.6 is 11.6 Å². The fourth-order valence-electron chi connectivity index (χ4n) is 2.99. The molecule has 0 saturated carbocycles. The highest BCUT2D eigenvalue weighted by Crippen LogP contribution is 2.24. The summed E-state index contributed by atoms with van der Waals surface area (Å²) >= 11 is 6.00. The molecule has 0 aliphatic rings. The minimum absolute atomic E-state index is 0.237. The molecule has 1 atom stereocenters. The van der Waals surface area contributed by atoms with Gasteiger partial charge in [0.15, 0.2) is 0 Å². The van der Waals surface area contributed by atoms with Crippen molar-refractivity contribution in [2.24, 2.45) is 0 Å². The standard InChI is InChI=1S/C22H27ClN2O4S/c1-5-25(6-2)30(27,28)20-11-7-17(8-12-20)16(3)24-22(26)14-9-18-15-19(23)10-13-21(18)29-4/h7-16H,5-6H2,1-4H3,(H,24,26). The zero-order chi connectivity index (χ0) is 22.3. The van der Waals surface area contributed by atoms with E-state index in [1.165, 1.54) is 10.4 Å². The summed E-state index contributed by atoms with van der Waals surface area (Å²) in [5, 5.41) is 3.41. The van der Waals surface area contributed by atoms with Crippen LogP contribution in [-0.2, 0) is 14.8 Å². The van der Waals surface area contributed by atoms with E-state index in [2.05, 4.69) is 5.32 Å². The molecule has 0 spiro atoms. The highest BCUT2D eigenvalue weighted by atomic mass is 35.5. The lowest BCUT2D eigenvalue weighted by Gasteiger charge is -2.19. The molecule has 8 heteroatoms. The van der Waals surface area contributed by atoms with Crippen LogP contribution in [0.4, 0.5) is 0 Å². The van der Waals surface area contributed by atoms with E-state index in [9.17, 15) is 13.2 Å². The molecule has 0 aliphatic heterocycles. The van der Waals surface area contributed by atoms with Crippen LogP contribution in [0.2, 0.25) is 5.02 Å². The molecule has 162 valence electrons.